The average Bonchev–Trinajstić information content (AvgIpc) is 2.68. The molecule has 0 N–H and O–H groups in total. The fourth-order valence-corrected chi connectivity index (χ4v) is 4.74. The van der Waals surface area contributed by atoms with E-state index in [1.807, 2.05) is 0 Å². The Bertz CT molecular complexity index is 513. The van der Waals surface area contributed by atoms with Crippen molar-refractivity contribution in [1.29, 1.82) is 0 Å². The molecule has 0 aromatic heterocycles. The molecule has 0 unspecified atom stereocenters. The summed E-state index contributed by atoms with van der Waals surface area (Å²) in [5.41, 5.74) is 1.44. The molecule has 25 heavy (non-hydrogen) atoms. The van der Waals surface area contributed by atoms with Gasteiger partial charge in [0, 0.05) is 58.4 Å². The Morgan fingerprint density at radius 2 is 1.60 bits per heavy atom. The van der Waals surface area contributed by atoms with Crippen LogP contribution in [-0.2, 0) is 11.3 Å². The van der Waals surface area contributed by atoms with Gasteiger partial charge in [0.15, 0.2) is 0 Å². The number of ether oxygens (including phenoxy) is 1. The van der Waals surface area contributed by atoms with Crippen molar-refractivity contribution in [2.45, 2.75) is 44.4 Å². The summed E-state index contributed by atoms with van der Waals surface area (Å²) in [6, 6.07) is 11.6. The minimum atomic E-state index is 0.519. The molecule has 0 spiro atoms. The van der Waals surface area contributed by atoms with Crippen molar-refractivity contribution < 1.29 is 4.74 Å². The second-order valence-electron chi connectivity index (χ2n) is 7.90. The zero-order valence-corrected chi connectivity index (χ0v) is 15.5. The summed E-state index contributed by atoms with van der Waals surface area (Å²) >= 11 is 0. The Hall–Kier alpha value is -0.940. The maximum Gasteiger partial charge on any atom is 0.0730 e. The van der Waals surface area contributed by atoms with Crippen LogP contribution < -0.4 is 0 Å². The molecule has 0 radical (unpaired) electrons. The molecule has 3 fully saturated rings. The predicted octanol–water partition coefficient (Wildman–Crippen LogP) is 2.45. The zero-order chi connectivity index (χ0) is 16.9. The number of fused-ring (bicyclic) bond motifs is 1. The Morgan fingerprint density at radius 1 is 0.840 bits per heavy atom. The number of hydrogen-bond acceptors (Lipinski definition) is 4. The molecule has 4 nitrogen and oxygen atoms in total. The Labute approximate surface area is 152 Å². The van der Waals surface area contributed by atoms with Crippen molar-refractivity contribution in [3.8, 4) is 0 Å². The van der Waals surface area contributed by atoms with E-state index in [4.69, 9.17) is 4.74 Å². The van der Waals surface area contributed by atoms with Crippen molar-refractivity contribution in [2.24, 2.45) is 0 Å². The van der Waals surface area contributed by atoms with E-state index in [0.29, 0.717) is 12.1 Å². The molecular formula is C21H33N3O. The highest BCUT2D eigenvalue weighted by Crippen LogP contribution is 2.28. The molecular weight excluding hydrogens is 310 g/mol. The third-order valence-electron chi connectivity index (χ3n) is 6.26. The van der Waals surface area contributed by atoms with Crippen molar-refractivity contribution in [2.75, 3.05) is 52.4 Å². The lowest BCUT2D eigenvalue weighted by atomic mass is 9.90. The van der Waals surface area contributed by atoms with Gasteiger partial charge in [0.05, 0.1) is 12.7 Å². The van der Waals surface area contributed by atoms with E-state index in [-0.39, 0.29) is 0 Å². The lowest BCUT2D eigenvalue weighted by Gasteiger charge is -2.45. The van der Waals surface area contributed by atoms with Gasteiger partial charge in [-0.15, -0.1) is 0 Å². The molecule has 2 heterocycles. The standard InChI is InChI=1S/C21H33N3O/c1-2-6-19(7-3-1)18-23-12-10-22(11-13-23)14-15-24-16-17-25-21-9-5-4-8-20(21)24/h1-3,6-7,20-21H,4-5,8-18H2/t20-,21-/m1/s1. The van der Waals surface area contributed by atoms with Crippen LogP contribution in [0.2, 0.25) is 0 Å². The maximum atomic E-state index is 6.01. The molecule has 1 saturated carbocycles. The summed E-state index contributed by atoms with van der Waals surface area (Å²) in [7, 11) is 0. The fraction of sp³-hybridized carbons (Fsp3) is 0.714. The highest BCUT2D eigenvalue weighted by molar-refractivity contribution is 5.14. The molecule has 1 aliphatic carbocycles. The molecule has 0 bridgehead atoms. The van der Waals surface area contributed by atoms with E-state index in [9.17, 15) is 0 Å². The summed E-state index contributed by atoms with van der Waals surface area (Å²) in [4.78, 5) is 7.98. The Morgan fingerprint density at radius 3 is 2.44 bits per heavy atom. The predicted molar refractivity (Wildman–Crippen MR) is 102 cm³/mol. The van der Waals surface area contributed by atoms with Crippen LogP contribution in [-0.4, -0.2) is 79.3 Å². The number of piperazine rings is 1. The third-order valence-corrected chi connectivity index (χ3v) is 6.26. The number of morpholine rings is 1. The van der Waals surface area contributed by atoms with Gasteiger partial charge in [-0.3, -0.25) is 14.7 Å². The van der Waals surface area contributed by atoms with Crippen molar-refractivity contribution in [1.82, 2.24) is 14.7 Å². The number of nitrogens with zero attached hydrogens (tertiary/aromatic N) is 3. The van der Waals surface area contributed by atoms with Gasteiger partial charge in [-0.1, -0.05) is 43.2 Å². The van der Waals surface area contributed by atoms with Crippen LogP contribution in [0.25, 0.3) is 0 Å². The van der Waals surface area contributed by atoms with Crippen LogP contribution in [0, 0.1) is 0 Å². The molecule has 4 heteroatoms. The summed E-state index contributed by atoms with van der Waals surface area (Å²) in [5, 5.41) is 0. The SMILES string of the molecule is c1ccc(CN2CCN(CCN3CCO[C@@H]4CCCC[C@H]43)CC2)cc1. The number of benzene rings is 1. The third kappa shape index (κ3) is 4.62. The highest BCUT2D eigenvalue weighted by atomic mass is 16.5. The van der Waals surface area contributed by atoms with Gasteiger partial charge >= 0.3 is 0 Å². The Kier molecular flexibility index (Phi) is 6.03. The van der Waals surface area contributed by atoms with E-state index in [1.54, 1.807) is 0 Å². The van der Waals surface area contributed by atoms with Crippen LogP contribution >= 0.6 is 0 Å². The minimum absolute atomic E-state index is 0.519. The van der Waals surface area contributed by atoms with E-state index < -0.39 is 0 Å². The van der Waals surface area contributed by atoms with E-state index >= 15 is 0 Å². The normalized spacial score (nSPS) is 29.4. The van der Waals surface area contributed by atoms with E-state index in [2.05, 4.69) is 45.0 Å². The second-order valence-corrected chi connectivity index (χ2v) is 7.90. The average molecular weight is 344 g/mol. The second kappa shape index (κ2) is 8.63. The zero-order valence-electron chi connectivity index (χ0n) is 15.5. The van der Waals surface area contributed by atoms with Gasteiger partial charge in [0.1, 0.15) is 0 Å². The first kappa shape index (κ1) is 17.5. The molecule has 0 amide bonds. The summed E-state index contributed by atoms with van der Waals surface area (Å²) in [6.45, 7) is 10.4. The molecule has 2 atom stereocenters. The lowest BCUT2D eigenvalue weighted by Crippen LogP contribution is -2.55. The molecule has 4 rings (SSSR count). The summed E-state index contributed by atoms with van der Waals surface area (Å²) in [6.07, 6.45) is 5.89. The van der Waals surface area contributed by atoms with Gasteiger partial charge in [-0.2, -0.15) is 0 Å². The van der Waals surface area contributed by atoms with Crippen LogP contribution in [0.5, 0.6) is 0 Å². The van der Waals surface area contributed by atoms with Crippen molar-refractivity contribution in [3.05, 3.63) is 35.9 Å². The monoisotopic (exact) mass is 343 g/mol. The van der Waals surface area contributed by atoms with Gasteiger partial charge in [0.25, 0.3) is 0 Å². The van der Waals surface area contributed by atoms with Gasteiger partial charge < -0.3 is 4.74 Å². The lowest BCUT2D eigenvalue weighted by molar-refractivity contribution is -0.0900. The maximum absolute atomic E-state index is 6.01. The topological polar surface area (TPSA) is 19.0 Å². The van der Waals surface area contributed by atoms with Crippen molar-refractivity contribution >= 4 is 0 Å². The highest BCUT2D eigenvalue weighted by Gasteiger charge is 2.34. The number of rotatable bonds is 5. The van der Waals surface area contributed by atoms with Crippen LogP contribution in [0.1, 0.15) is 31.2 Å². The summed E-state index contributed by atoms with van der Waals surface area (Å²) < 4.78 is 6.01. The van der Waals surface area contributed by atoms with Crippen molar-refractivity contribution in [3.63, 3.8) is 0 Å². The van der Waals surface area contributed by atoms with Crippen LogP contribution in [0.15, 0.2) is 30.3 Å². The summed E-state index contributed by atoms with van der Waals surface area (Å²) in [5.74, 6) is 0. The van der Waals surface area contributed by atoms with Gasteiger partial charge in [-0.05, 0) is 18.4 Å². The molecule has 1 aromatic rings. The van der Waals surface area contributed by atoms with Crippen LogP contribution in [0.4, 0.5) is 0 Å². The first-order valence-electron chi connectivity index (χ1n) is 10.2. The van der Waals surface area contributed by atoms with Crippen LogP contribution in [0.3, 0.4) is 0 Å². The first-order chi connectivity index (χ1) is 12.4. The van der Waals surface area contributed by atoms with E-state index in [1.165, 1.54) is 70.5 Å². The first-order valence-corrected chi connectivity index (χ1v) is 10.2. The molecule has 1 aromatic carbocycles. The van der Waals surface area contributed by atoms with Gasteiger partial charge in [0.2, 0.25) is 0 Å². The smallest absolute Gasteiger partial charge is 0.0730 e. The molecule has 3 aliphatic rings. The minimum Gasteiger partial charge on any atom is -0.375 e. The largest absolute Gasteiger partial charge is 0.375 e. The molecule has 2 aliphatic heterocycles. The van der Waals surface area contributed by atoms with Gasteiger partial charge in [-0.25, -0.2) is 0 Å². The quantitative estimate of drug-likeness (QED) is 0.817. The molecule has 2 saturated heterocycles. The molecule has 138 valence electrons. The fourth-order valence-electron chi connectivity index (χ4n) is 4.74. The van der Waals surface area contributed by atoms with E-state index in [0.717, 1.165) is 19.7 Å². The Balaban J connectivity index is 1.20. The number of hydrogen-bond donors (Lipinski definition) is 0.